The Balaban J connectivity index is 2.25. The van der Waals surface area contributed by atoms with Gasteiger partial charge in [0.05, 0.1) is 19.3 Å². The number of ether oxygens (including phenoxy) is 3. The SMILES string of the molecule is CCOCC(C)OCCOc1ccccc1CNC. The van der Waals surface area contributed by atoms with Crippen molar-refractivity contribution < 1.29 is 14.2 Å². The van der Waals surface area contributed by atoms with E-state index >= 15 is 0 Å². The van der Waals surface area contributed by atoms with Gasteiger partial charge in [0.1, 0.15) is 12.4 Å². The predicted molar refractivity (Wildman–Crippen MR) is 76.6 cm³/mol. The zero-order valence-electron chi connectivity index (χ0n) is 12.1. The highest BCUT2D eigenvalue weighted by atomic mass is 16.5. The second-order valence-electron chi connectivity index (χ2n) is 4.33. The Morgan fingerprint density at radius 3 is 2.74 bits per heavy atom. The van der Waals surface area contributed by atoms with Crippen LogP contribution in [0.3, 0.4) is 0 Å². The van der Waals surface area contributed by atoms with E-state index in [1.807, 2.05) is 39.1 Å². The molecule has 1 aromatic carbocycles. The van der Waals surface area contributed by atoms with E-state index in [2.05, 4.69) is 11.4 Å². The fourth-order valence-electron chi connectivity index (χ4n) is 1.71. The van der Waals surface area contributed by atoms with Crippen LogP contribution < -0.4 is 10.1 Å². The molecule has 0 amide bonds. The fourth-order valence-corrected chi connectivity index (χ4v) is 1.71. The third-order valence-electron chi connectivity index (χ3n) is 2.64. The molecule has 0 aliphatic carbocycles. The van der Waals surface area contributed by atoms with E-state index in [9.17, 15) is 0 Å². The van der Waals surface area contributed by atoms with Gasteiger partial charge in [-0.3, -0.25) is 0 Å². The maximum atomic E-state index is 5.74. The topological polar surface area (TPSA) is 39.7 Å². The molecule has 0 radical (unpaired) electrons. The van der Waals surface area contributed by atoms with Gasteiger partial charge in [0, 0.05) is 18.7 Å². The normalized spacial score (nSPS) is 12.4. The van der Waals surface area contributed by atoms with Crippen molar-refractivity contribution in [3.8, 4) is 5.75 Å². The molecule has 0 fully saturated rings. The van der Waals surface area contributed by atoms with Gasteiger partial charge >= 0.3 is 0 Å². The van der Waals surface area contributed by atoms with E-state index in [0.717, 1.165) is 24.5 Å². The number of rotatable bonds is 10. The minimum absolute atomic E-state index is 0.108. The van der Waals surface area contributed by atoms with Crippen LogP contribution >= 0.6 is 0 Å². The van der Waals surface area contributed by atoms with Crippen molar-refractivity contribution in [1.82, 2.24) is 5.32 Å². The highest BCUT2D eigenvalue weighted by Crippen LogP contribution is 2.17. The number of hydrogen-bond acceptors (Lipinski definition) is 4. The molecule has 1 rings (SSSR count). The molecule has 0 saturated heterocycles. The first-order chi connectivity index (χ1) is 9.27. The van der Waals surface area contributed by atoms with Gasteiger partial charge in [0.25, 0.3) is 0 Å². The minimum atomic E-state index is 0.108. The van der Waals surface area contributed by atoms with E-state index in [4.69, 9.17) is 14.2 Å². The highest BCUT2D eigenvalue weighted by molar-refractivity contribution is 5.33. The summed E-state index contributed by atoms with van der Waals surface area (Å²) in [6, 6.07) is 8.04. The van der Waals surface area contributed by atoms with Crippen molar-refractivity contribution in [2.75, 3.05) is 33.5 Å². The lowest BCUT2D eigenvalue weighted by atomic mass is 10.2. The van der Waals surface area contributed by atoms with Gasteiger partial charge in [-0.1, -0.05) is 18.2 Å². The largest absolute Gasteiger partial charge is 0.491 e. The summed E-state index contributed by atoms with van der Waals surface area (Å²) in [4.78, 5) is 0. The molecular weight excluding hydrogens is 242 g/mol. The Bertz CT molecular complexity index is 344. The lowest BCUT2D eigenvalue weighted by Crippen LogP contribution is -2.19. The number of nitrogens with one attached hydrogen (secondary N) is 1. The van der Waals surface area contributed by atoms with Crippen LogP contribution in [0.4, 0.5) is 0 Å². The molecule has 4 nitrogen and oxygen atoms in total. The molecule has 1 aromatic rings. The summed E-state index contributed by atoms with van der Waals surface area (Å²) in [5.41, 5.74) is 1.16. The summed E-state index contributed by atoms with van der Waals surface area (Å²) in [5.74, 6) is 0.915. The Labute approximate surface area is 116 Å². The molecule has 0 spiro atoms. The first-order valence-corrected chi connectivity index (χ1v) is 6.82. The van der Waals surface area contributed by atoms with Crippen molar-refractivity contribution in [2.45, 2.75) is 26.5 Å². The maximum Gasteiger partial charge on any atom is 0.123 e. The van der Waals surface area contributed by atoms with E-state index in [0.29, 0.717) is 19.8 Å². The third-order valence-corrected chi connectivity index (χ3v) is 2.64. The fraction of sp³-hybridized carbons (Fsp3) is 0.600. The summed E-state index contributed by atoms with van der Waals surface area (Å²) < 4.78 is 16.6. The highest BCUT2D eigenvalue weighted by Gasteiger charge is 2.04. The first kappa shape index (κ1) is 16.0. The average molecular weight is 267 g/mol. The van der Waals surface area contributed by atoms with Crippen molar-refractivity contribution in [3.05, 3.63) is 29.8 Å². The van der Waals surface area contributed by atoms with Crippen molar-refractivity contribution in [1.29, 1.82) is 0 Å². The van der Waals surface area contributed by atoms with E-state index in [1.54, 1.807) is 0 Å². The molecule has 0 bridgehead atoms. The van der Waals surface area contributed by atoms with Crippen LogP contribution in [0.25, 0.3) is 0 Å². The van der Waals surface area contributed by atoms with Gasteiger partial charge in [0.15, 0.2) is 0 Å². The van der Waals surface area contributed by atoms with Crippen molar-refractivity contribution in [3.63, 3.8) is 0 Å². The molecule has 0 heterocycles. The summed E-state index contributed by atoms with van der Waals surface area (Å²) in [6.45, 7) is 7.27. The third kappa shape index (κ3) is 6.57. The molecule has 0 aliphatic rings. The quantitative estimate of drug-likeness (QED) is 0.660. The summed E-state index contributed by atoms with van der Waals surface area (Å²) >= 11 is 0. The lowest BCUT2D eigenvalue weighted by molar-refractivity contribution is -0.0128. The van der Waals surface area contributed by atoms with Gasteiger partial charge in [-0.15, -0.1) is 0 Å². The van der Waals surface area contributed by atoms with Crippen molar-refractivity contribution >= 4 is 0 Å². The number of hydrogen-bond donors (Lipinski definition) is 1. The van der Waals surface area contributed by atoms with Gasteiger partial charge in [-0.2, -0.15) is 0 Å². The van der Waals surface area contributed by atoms with Crippen LogP contribution in [0.2, 0.25) is 0 Å². The van der Waals surface area contributed by atoms with E-state index in [1.165, 1.54) is 0 Å². The monoisotopic (exact) mass is 267 g/mol. The Morgan fingerprint density at radius 2 is 2.00 bits per heavy atom. The zero-order valence-corrected chi connectivity index (χ0v) is 12.1. The average Bonchev–Trinajstić information content (AvgIpc) is 2.43. The lowest BCUT2D eigenvalue weighted by Gasteiger charge is -2.14. The number of benzene rings is 1. The second kappa shape index (κ2) is 9.78. The van der Waals surface area contributed by atoms with Gasteiger partial charge in [-0.25, -0.2) is 0 Å². The molecule has 0 aromatic heterocycles. The second-order valence-corrected chi connectivity index (χ2v) is 4.33. The summed E-state index contributed by atoms with van der Waals surface area (Å²) in [6.07, 6.45) is 0.108. The predicted octanol–water partition coefficient (Wildman–Crippen LogP) is 2.23. The Kier molecular flexibility index (Phi) is 8.21. The molecule has 1 unspecified atom stereocenters. The van der Waals surface area contributed by atoms with Crippen LogP contribution in [0.1, 0.15) is 19.4 Å². The molecule has 1 N–H and O–H groups in total. The van der Waals surface area contributed by atoms with Crippen LogP contribution in [0.5, 0.6) is 5.75 Å². The van der Waals surface area contributed by atoms with Crippen molar-refractivity contribution in [2.24, 2.45) is 0 Å². The Hall–Kier alpha value is -1.10. The summed E-state index contributed by atoms with van der Waals surface area (Å²) in [7, 11) is 1.93. The molecule has 0 aliphatic heterocycles. The van der Waals surface area contributed by atoms with E-state index < -0.39 is 0 Å². The smallest absolute Gasteiger partial charge is 0.123 e. The molecule has 108 valence electrons. The maximum absolute atomic E-state index is 5.74. The van der Waals surface area contributed by atoms with E-state index in [-0.39, 0.29) is 6.10 Å². The van der Waals surface area contributed by atoms with Gasteiger partial charge < -0.3 is 19.5 Å². The molecular formula is C15H25NO3. The van der Waals surface area contributed by atoms with Crippen LogP contribution in [-0.2, 0) is 16.0 Å². The molecule has 19 heavy (non-hydrogen) atoms. The molecule has 1 atom stereocenters. The summed E-state index contributed by atoms with van der Waals surface area (Å²) in [5, 5.41) is 3.13. The van der Waals surface area contributed by atoms with Crippen LogP contribution in [0, 0.1) is 0 Å². The zero-order chi connectivity index (χ0) is 13.9. The van der Waals surface area contributed by atoms with Gasteiger partial charge in [-0.05, 0) is 27.0 Å². The minimum Gasteiger partial charge on any atom is -0.491 e. The Morgan fingerprint density at radius 1 is 1.21 bits per heavy atom. The first-order valence-electron chi connectivity index (χ1n) is 6.82. The number of para-hydroxylation sites is 1. The van der Waals surface area contributed by atoms with Crippen LogP contribution in [-0.4, -0.2) is 39.6 Å². The standard InChI is InChI=1S/C15H25NO3/c1-4-17-12-13(2)18-9-10-19-15-8-6-5-7-14(15)11-16-3/h5-8,13,16H,4,9-12H2,1-3H3. The molecule has 0 saturated carbocycles. The molecule has 4 heteroatoms. The van der Waals surface area contributed by atoms with Crippen LogP contribution in [0.15, 0.2) is 24.3 Å². The van der Waals surface area contributed by atoms with Gasteiger partial charge in [0.2, 0.25) is 0 Å².